The van der Waals surface area contributed by atoms with E-state index >= 15 is 4.39 Å². The maximum absolute atomic E-state index is 15.6. The Hall–Kier alpha value is -4.41. The smallest absolute Gasteiger partial charge is 0.338 e. The van der Waals surface area contributed by atoms with E-state index in [2.05, 4.69) is 15.3 Å². The van der Waals surface area contributed by atoms with Gasteiger partial charge in [0.15, 0.2) is 18.5 Å². The van der Waals surface area contributed by atoms with Crippen LogP contribution in [0.1, 0.15) is 20.7 Å². The first-order chi connectivity index (χ1) is 16.4. The highest BCUT2D eigenvalue weighted by Gasteiger charge is 2.59. The van der Waals surface area contributed by atoms with E-state index in [0.717, 1.165) is 12.3 Å². The van der Waals surface area contributed by atoms with Crippen molar-refractivity contribution in [2.75, 3.05) is 6.61 Å². The van der Waals surface area contributed by atoms with Crippen LogP contribution in [-0.4, -0.2) is 48.7 Å². The van der Waals surface area contributed by atoms with Crippen molar-refractivity contribution in [3.8, 4) is 0 Å². The minimum Gasteiger partial charge on any atom is -0.459 e. The number of carbonyl (C=O) groups excluding carboxylic acids is 3. The normalized spacial score (nSPS) is 23.6. The van der Waals surface area contributed by atoms with Crippen LogP contribution in [-0.2, 0) is 19.0 Å². The molecule has 1 fully saturated rings. The van der Waals surface area contributed by atoms with Gasteiger partial charge in [-0.1, -0.05) is 41.5 Å². The van der Waals surface area contributed by atoms with Crippen LogP contribution in [0.2, 0.25) is 0 Å². The Kier molecular flexibility index (Phi) is 7.80. The molecule has 2 aromatic carbocycles. The quantitative estimate of drug-likeness (QED) is 0.187. The Balaban J connectivity index is 1.85. The molecule has 0 aromatic heterocycles. The van der Waals surface area contributed by atoms with Crippen LogP contribution < -0.4 is 11.1 Å². The van der Waals surface area contributed by atoms with Crippen LogP contribution in [0.25, 0.3) is 10.4 Å². The summed E-state index contributed by atoms with van der Waals surface area (Å²) in [6.07, 6.45) is -3.33. The standard InChI is InChI=1S/C22H20FN5O6/c23-18-17(33-21(31)15-9-5-2-6-10-15)19(26-12-11-16(24)29)34-22(18,27-28-25)13-32-20(30)14-7-3-1-4-8-14/h1-12,17-19,26H,13H2,(H2,24,29)/b12-11-/t17-,18?,19-,22-/m1/s1. The van der Waals surface area contributed by atoms with Gasteiger partial charge in [0.25, 0.3) is 0 Å². The van der Waals surface area contributed by atoms with Gasteiger partial charge in [-0.25, -0.2) is 14.0 Å². The van der Waals surface area contributed by atoms with E-state index in [4.69, 9.17) is 25.5 Å². The van der Waals surface area contributed by atoms with Crippen LogP contribution in [0.4, 0.5) is 4.39 Å². The van der Waals surface area contributed by atoms with Crippen molar-refractivity contribution in [2.45, 2.75) is 24.2 Å². The van der Waals surface area contributed by atoms with Gasteiger partial charge < -0.3 is 25.3 Å². The van der Waals surface area contributed by atoms with Crippen molar-refractivity contribution in [1.82, 2.24) is 5.32 Å². The average molecular weight is 469 g/mol. The molecule has 176 valence electrons. The van der Waals surface area contributed by atoms with Gasteiger partial charge in [-0.05, 0) is 29.8 Å². The summed E-state index contributed by atoms with van der Waals surface area (Å²) in [5.74, 6) is -2.49. The molecule has 3 N–H and O–H groups in total. The van der Waals surface area contributed by atoms with E-state index < -0.39 is 48.7 Å². The number of azide groups is 1. The topological polar surface area (TPSA) is 166 Å². The lowest BCUT2D eigenvalue weighted by molar-refractivity contribution is -0.113. The van der Waals surface area contributed by atoms with Crippen molar-refractivity contribution >= 4 is 17.8 Å². The molecular formula is C22H20FN5O6. The number of hydrogen-bond acceptors (Lipinski definition) is 8. The Morgan fingerprint density at radius 3 is 2.26 bits per heavy atom. The van der Waals surface area contributed by atoms with Crippen molar-refractivity contribution in [3.05, 3.63) is 94.5 Å². The molecule has 0 aliphatic carbocycles. The van der Waals surface area contributed by atoms with Crippen LogP contribution in [0.15, 0.2) is 78.1 Å². The number of primary amides is 1. The molecule has 12 heteroatoms. The third kappa shape index (κ3) is 5.68. The number of rotatable bonds is 9. The zero-order valence-electron chi connectivity index (χ0n) is 17.6. The number of esters is 2. The van der Waals surface area contributed by atoms with Crippen molar-refractivity contribution in [3.63, 3.8) is 0 Å². The van der Waals surface area contributed by atoms with E-state index in [-0.39, 0.29) is 11.1 Å². The summed E-state index contributed by atoms with van der Waals surface area (Å²) in [5.41, 5.74) is 12.0. The van der Waals surface area contributed by atoms with Crippen molar-refractivity contribution in [1.29, 1.82) is 0 Å². The molecule has 0 saturated carbocycles. The fourth-order valence-electron chi connectivity index (χ4n) is 3.13. The van der Waals surface area contributed by atoms with Crippen LogP contribution in [0, 0.1) is 0 Å². The molecule has 34 heavy (non-hydrogen) atoms. The molecule has 1 heterocycles. The Morgan fingerprint density at radius 2 is 1.71 bits per heavy atom. The molecule has 0 radical (unpaired) electrons. The maximum Gasteiger partial charge on any atom is 0.338 e. The van der Waals surface area contributed by atoms with E-state index in [1.165, 1.54) is 24.3 Å². The molecule has 1 unspecified atom stereocenters. The third-order valence-corrected chi connectivity index (χ3v) is 4.74. The molecule has 1 amide bonds. The summed E-state index contributed by atoms with van der Waals surface area (Å²) < 4.78 is 31.6. The largest absolute Gasteiger partial charge is 0.459 e. The van der Waals surface area contributed by atoms with E-state index in [0.29, 0.717) is 0 Å². The van der Waals surface area contributed by atoms with Gasteiger partial charge in [0.2, 0.25) is 11.6 Å². The molecule has 0 spiro atoms. The van der Waals surface area contributed by atoms with Gasteiger partial charge in [0.1, 0.15) is 6.61 Å². The van der Waals surface area contributed by atoms with Crippen LogP contribution in [0.5, 0.6) is 0 Å². The third-order valence-electron chi connectivity index (χ3n) is 4.74. The minimum atomic E-state index is -2.36. The first kappa shape index (κ1) is 24.2. The van der Waals surface area contributed by atoms with Gasteiger partial charge in [0, 0.05) is 17.2 Å². The monoisotopic (exact) mass is 469 g/mol. The number of carbonyl (C=O) groups is 3. The summed E-state index contributed by atoms with van der Waals surface area (Å²) in [7, 11) is 0. The van der Waals surface area contributed by atoms with Gasteiger partial charge in [-0.2, -0.15) is 0 Å². The number of ether oxygens (including phenoxy) is 3. The second kappa shape index (κ2) is 10.9. The average Bonchev–Trinajstić information content (AvgIpc) is 3.09. The van der Waals surface area contributed by atoms with Gasteiger partial charge in [0.05, 0.1) is 11.1 Å². The number of halogens is 1. The fraction of sp³-hybridized carbons (Fsp3) is 0.227. The molecule has 1 aliphatic heterocycles. The zero-order valence-corrected chi connectivity index (χ0v) is 17.6. The molecule has 4 atom stereocenters. The number of hydrogen-bond donors (Lipinski definition) is 2. The SMILES string of the molecule is [N-]=[N+]=N[C@]1(COC(=O)c2ccccc2)O[C@@H](N/C=C\C(N)=O)[C@H](OC(=O)c2ccccc2)C1F. The highest BCUT2D eigenvalue weighted by molar-refractivity contribution is 5.90. The lowest BCUT2D eigenvalue weighted by atomic mass is 10.1. The molecule has 0 bridgehead atoms. The second-order valence-corrected chi connectivity index (χ2v) is 7.05. The van der Waals surface area contributed by atoms with Crippen LogP contribution in [0.3, 0.4) is 0 Å². The number of nitrogens with zero attached hydrogens (tertiary/aromatic N) is 3. The van der Waals surface area contributed by atoms with E-state index in [9.17, 15) is 14.4 Å². The molecule has 3 rings (SSSR count). The van der Waals surface area contributed by atoms with Gasteiger partial charge in [-0.15, -0.1) is 0 Å². The number of nitrogens with two attached hydrogens (primary N) is 1. The molecule has 1 saturated heterocycles. The number of amides is 1. The predicted molar refractivity (Wildman–Crippen MR) is 115 cm³/mol. The summed E-state index contributed by atoms with van der Waals surface area (Å²) in [6.45, 7) is -0.816. The summed E-state index contributed by atoms with van der Waals surface area (Å²) in [6, 6.07) is 15.6. The maximum atomic E-state index is 15.6. The summed E-state index contributed by atoms with van der Waals surface area (Å²) in [4.78, 5) is 38.5. The minimum absolute atomic E-state index is 0.137. The highest BCUT2D eigenvalue weighted by Crippen LogP contribution is 2.37. The molecule has 11 nitrogen and oxygen atoms in total. The van der Waals surface area contributed by atoms with Crippen molar-refractivity contribution < 1.29 is 33.0 Å². The van der Waals surface area contributed by atoms with Crippen molar-refractivity contribution in [2.24, 2.45) is 10.8 Å². The number of alkyl halides is 1. The van der Waals surface area contributed by atoms with Gasteiger partial charge >= 0.3 is 11.9 Å². The number of nitrogens with one attached hydrogen (secondary N) is 1. The van der Waals surface area contributed by atoms with Crippen LogP contribution >= 0.6 is 0 Å². The summed E-state index contributed by atoms with van der Waals surface area (Å²) in [5, 5.41) is 5.92. The fourth-order valence-corrected chi connectivity index (χ4v) is 3.13. The highest BCUT2D eigenvalue weighted by atomic mass is 19.1. The van der Waals surface area contributed by atoms with Gasteiger partial charge in [-0.3, -0.25) is 4.79 Å². The van der Waals surface area contributed by atoms with E-state index in [1.807, 2.05) is 0 Å². The second-order valence-electron chi connectivity index (χ2n) is 7.05. The Bertz CT molecular complexity index is 1110. The molecular weight excluding hydrogens is 449 g/mol. The molecule has 1 aliphatic rings. The first-order valence-corrected chi connectivity index (χ1v) is 9.94. The first-order valence-electron chi connectivity index (χ1n) is 9.94. The zero-order chi connectivity index (χ0) is 24.6. The number of benzene rings is 2. The Morgan fingerprint density at radius 1 is 1.12 bits per heavy atom. The Labute approximate surface area is 192 Å². The lowest BCUT2D eigenvalue weighted by Crippen LogP contribution is -2.44. The van der Waals surface area contributed by atoms with E-state index in [1.54, 1.807) is 36.4 Å². The predicted octanol–water partition coefficient (Wildman–Crippen LogP) is 2.36. The summed E-state index contributed by atoms with van der Waals surface area (Å²) >= 11 is 0. The lowest BCUT2D eigenvalue weighted by Gasteiger charge is -2.24. The molecule has 2 aromatic rings.